The maximum atomic E-state index is 13.3. The van der Waals surface area contributed by atoms with Crippen molar-refractivity contribution in [3.05, 3.63) is 57.1 Å². The van der Waals surface area contributed by atoms with Crippen LogP contribution in [0, 0.1) is 26.7 Å². The molecular formula is C21H24Cl2N2O3S. The van der Waals surface area contributed by atoms with Crippen molar-refractivity contribution >= 4 is 44.8 Å². The molecule has 1 N–H and O–H groups in total. The summed E-state index contributed by atoms with van der Waals surface area (Å²) in [5.41, 5.74) is 2.97. The van der Waals surface area contributed by atoms with Crippen molar-refractivity contribution in [1.82, 2.24) is 4.31 Å². The maximum absolute atomic E-state index is 13.3. The molecule has 1 amide bonds. The summed E-state index contributed by atoms with van der Waals surface area (Å²) >= 11 is 12.0. The molecular weight excluding hydrogens is 431 g/mol. The Kier molecular flexibility index (Phi) is 6.58. The van der Waals surface area contributed by atoms with Crippen LogP contribution in [0.1, 0.15) is 29.5 Å². The van der Waals surface area contributed by atoms with Crippen LogP contribution in [0.5, 0.6) is 0 Å². The highest BCUT2D eigenvalue weighted by atomic mass is 35.5. The van der Waals surface area contributed by atoms with Crippen molar-refractivity contribution in [3.8, 4) is 0 Å². The lowest BCUT2D eigenvalue weighted by Gasteiger charge is -2.32. The molecule has 5 nitrogen and oxygen atoms in total. The average molecular weight is 455 g/mol. The minimum absolute atomic E-state index is 0.148. The largest absolute Gasteiger partial charge is 0.326 e. The molecule has 0 bridgehead atoms. The second-order valence-electron chi connectivity index (χ2n) is 7.58. The number of amides is 1. The molecule has 1 saturated heterocycles. The van der Waals surface area contributed by atoms with Crippen molar-refractivity contribution in [1.29, 1.82) is 0 Å². The Morgan fingerprint density at radius 3 is 2.21 bits per heavy atom. The highest BCUT2D eigenvalue weighted by Crippen LogP contribution is 2.30. The van der Waals surface area contributed by atoms with Crippen molar-refractivity contribution in [2.24, 2.45) is 5.92 Å². The zero-order chi connectivity index (χ0) is 21.3. The lowest BCUT2D eigenvalue weighted by molar-refractivity contribution is -0.120. The number of nitrogens with one attached hydrogen (secondary N) is 1. The number of sulfonamides is 1. The lowest BCUT2D eigenvalue weighted by atomic mass is 9.99. The van der Waals surface area contributed by atoms with E-state index in [1.54, 1.807) is 18.2 Å². The van der Waals surface area contributed by atoms with Crippen LogP contribution in [-0.4, -0.2) is 31.7 Å². The summed E-state index contributed by atoms with van der Waals surface area (Å²) in [6.07, 6.45) is 1.25. The van der Waals surface area contributed by atoms with E-state index in [-0.39, 0.29) is 12.5 Å². The Balaban J connectivity index is 1.80. The Labute approximate surface area is 182 Å². The van der Waals surface area contributed by atoms with Gasteiger partial charge in [0, 0.05) is 28.8 Å². The molecule has 1 aliphatic rings. The van der Waals surface area contributed by atoms with Crippen LogP contribution in [0.25, 0.3) is 0 Å². The minimum atomic E-state index is -3.68. The van der Waals surface area contributed by atoms with Crippen LogP contribution in [0.3, 0.4) is 0 Å². The third-order valence-electron chi connectivity index (χ3n) is 5.09. The molecule has 29 heavy (non-hydrogen) atoms. The topological polar surface area (TPSA) is 66.5 Å². The number of carbonyl (C=O) groups excluding carboxylic acids is 1. The van der Waals surface area contributed by atoms with Gasteiger partial charge in [-0.25, -0.2) is 8.42 Å². The third kappa shape index (κ3) is 4.94. The van der Waals surface area contributed by atoms with E-state index >= 15 is 0 Å². The average Bonchev–Trinajstić information content (AvgIpc) is 2.59. The summed E-state index contributed by atoms with van der Waals surface area (Å²) in [4.78, 5) is 13.1. The number of hydrogen-bond acceptors (Lipinski definition) is 3. The van der Waals surface area contributed by atoms with Crippen molar-refractivity contribution in [3.63, 3.8) is 0 Å². The first-order chi connectivity index (χ1) is 13.6. The van der Waals surface area contributed by atoms with Gasteiger partial charge >= 0.3 is 0 Å². The number of anilines is 1. The smallest absolute Gasteiger partial charge is 0.243 e. The van der Waals surface area contributed by atoms with Gasteiger partial charge in [0.15, 0.2) is 0 Å². The van der Waals surface area contributed by atoms with Gasteiger partial charge in [0.05, 0.1) is 10.8 Å². The Hall–Kier alpha value is -1.60. The fraction of sp³-hybridized carbons (Fsp3) is 0.381. The number of benzene rings is 2. The zero-order valence-electron chi connectivity index (χ0n) is 16.6. The number of rotatable bonds is 4. The van der Waals surface area contributed by atoms with Crippen molar-refractivity contribution in [2.45, 2.75) is 38.5 Å². The second kappa shape index (κ2) is 8.64. The molecule has 8 heteroatoms. The molecule has 0 radical (unpaired) electrons. The molecule has 1 aliphatic heterocycles. The summed E-state index contributed by atoms with van der Waals surface area (Å²) in [5.74, 6) is -0.678. The van der Waals surface area contributed by atoms with Crippen LogP contribution in [0.2, 0.25) is 10.0 Å². The van der Waals surface area contributed by atoms with Gasteiger partial charge in [0.2, 0.25) is 15.9 Å². The van der Waals surface area contributed by atoms with E-state index < -0.39 is 15.9 Å². The molecule has 0 aliphatic carbocycles. The molecule has 1 heterocycles. The van der Waals surface area contributed by atoms with E-state index in [2.05, 4.69) is 5.32 Å². The Morgan fingerprint density at radius 2 is 1.62 bits per heavy atom. The third-order valence-corrected chi connectivity index (χ3v) is 7.70. The van der Waals surface area contributed by atoms with Gasteiger partial charge in [-0.05, 0) is 62.9 Å². The second-order valence-corrected chi connectivity index (χ2v) is 10.3. The van der Waals surface area contributed by atoms with Gasteiger partial charge in [-0.1, -0.05) is 40.9 Å². The normalized spacial score (nSPS) is 17.9. The molecule has 1 fully saturated rings. The number of nitrogens with zero attached hydrogens (tertiary/aromatic N) is 1. The number of halogens is 2. The maximum Gasteiger partial charge on any atom is 0.243 e. The Bertz CT molecular complexity index is 1010. The van der Waals surface area contributed by atoms with E-state index in [4.69, 9.17) is 23.2 Å². The van der Waals surface area contributed by atoms with E-state index in [1.807, 2.05) is 32.9 Å². The molecule has 2 aromatic rings. The van der Waals surface area contributed by atoms with Crippen LogP contribution in [-0.2, 0) is 14.8 Å². The van der Waals surface area contributed by atoms with Crippen molar-refractivity contribution < 1.29 is 13.2 Å². The molecule has 0 unspecified atom stereocenters. The fourth-order valence-electron chi connectivity index (χ4n) is 3.95. The molecule has 0 saturated carbocycles. The van der Waals surface area contributed by atoms with Gasteiger partial charge in [0.25, 0.3) is 0 Å². The van der Waals surface area contributed by atoms with E-state index in [0.717, 1.165) is 16.7 Å². The fourth-order valence-corrected chi connectivity index (χ4v) is 6.41. The highest BCUT2D eigenvalue weighted by molar-refractivity contribution is 7.89. The summed E-state index contributed by atoms with van der Waals surface area (Å²) in [6, 6.07) is 8.55. The van der Waals surface area contributed by atoms with Gasteiger partial charge < -0.3 is 5.32 Å². The number of piperidine rings is 1. The molecule has 0 aromatic heterocycles. The molecule has 2 aromatic carbocycles. The number of aryl methyl sites for hydroxylation is 3. The molecule has 0 spiro atoms. The molecule has 3 rings (SSSR count). The summed E-state index contributed by atoms with van der Waals surface area (Å²) < 4.78 is 28.1. The van der Waals surface area contributed by atoms with Gasteiger partial charge in [0.1, 0.15) is 0 Å². The monoisotopic (exact) mass is 454 g/mol. The zero-order valence-corrected chi connectivity index (χ0v) is 19.0. The minimum Gasteiger partial charge on any atom is -0.326 e. The summed E-state index contributed by atoms with van der Waals surface area (Å²) in [7, 11) is -3.68. The first-order valence-corrected chi connectivity index (χ1v) is 11.6. The standard InChI is InChI=1S/C21H24Cl2N2O3S/c1-13-7-14(2)20(15(3)8-13)29(27,28)25-6-4-5-16(12-25)21(26)24-19-10-17(22)9-18(23)11-19/h7-11,16H,4-6,12H2,1-3H3,(H,24,26)/t16-/m1/s1. The first kappa shape index (κ1) is 22.1. The molecule has 156 valence electrons. The Morgan fingerprint density at radius 1 is 1.03 bits per heavy atom. The number of carbonyl (C=O) groups is 1. The van der Waals surface area contributed by atoms with Gasteiger partial charge in [-0.15, -0.1) is 0 Å². The van der Waals surface area contributed by atoms with E-state index in [1.165, 1.54) is 4.31 Å². The van der Waals surface area contributed by atoms with Crippen molar-refractivity contribution in [2.75, 3.05) is 18.4 Å². The predicted octanol–water partition coefficient (Wildman–Crippen LogP) is 4.96. The lowest BCUT2D eigenvalue weighted by Crippen LogP contribution is -2.44. The van der Waals surface area contributed by atoms with E-state index in [9.17, 15) is 13.2 Å². The molecule has 1 atom stereocenters. The van der Waals surface area contributed by atoms with Crippen LogP contribution >= 0.6 is 23.2 Å². The predicted molar refractivity (Wildman–Crippen MR) is 117 cm³/mol. The SMILES string of the molecule is Cc1cc(C)c(S(=O)(=O)N2CCC[C@@H](C(=O)Nc3cc(Cl)cc(Cl)c3)C2)c(C)c1. The quantitative estimate of drug-likeness (QED) is 0.709. The van der Waals surface area contributed by atoms with Gasteiger partial charge in [-0.3, -0.25) is 4.79 Å². The van der Waals surface area contributed by atoms with Crippen LogP contribution < -0.4 is 5.32 Å². The van der Waals surface area contributed by atoms with E-state index in [0.29, 0.717) is 40.0 Å². The summed E-state index contributed by atoms with van der Waals surface area (Å²) in [5, 5.41) is 3.65. The highest BCUT2D eigenvalue weighted by Gasteiger charge is 2.34. The summed E-state index contributed by atoms with van der Waals surface area (Å²) in [6.45, 7) is 6.12. The van der Waals surface area contributed by atoms with Crippen LogP contribution in [0.15, 0.2) is 35.2 Å². The van der Waals surface area contributed by atoms with Crippen LogP contribution in [0.4, 0.5) is 5.69 Å². The first-order valence-electron chi connectivity index (χ1n) is 9.43. The number of hydrogen-bond donors (Lipinski definition) is 1. The van der Waals surface area contributed by atoms with Gasteiger partial charge in [-0.2, -0.15) is 4.31 Å².